The van der Waals surface area contributed by atoms with Crippen LogP contribution < -0.4 is 5.32 Å². The van der Waals surface area contributed by atoms with Crippen LogP contribution in [0.2, 0.25) is 0 Å². The summed E-state index contributed by atoms with van der Waals surface area (Å²) in [4.78, 5) is 4.38. The third kappa shape index (κ3) is 3.28. The van der Waals surface area contributed by atoms with Gasteiger partial charge < -0.3 is 10.1 Å². The van der Waals surface area contributed by atoms with Gasteiger partial charge in [0.25, 0.3) is 0 Å². The van der Waals surface area contributed by atoms with Crippen molar-refractivity contribution in [2.45, 2.75) is 30.8 Å². The van der Waals surface area contributed by atoms with Crippen molar-refractivity contribution in [3.8, 4) is 0 Å². The number of anilines is 1. The van der Waals surface area contributed by atoms with E-state index in [9.17, 15) is 8.42 Å². The Morgan fingerprint density at radius 2 is 2.35 bits per heavy atom. The molecule has 1 aromatic rings. The zero-order chi connectivity index (χ0) is 14.6. The zero-order valence-corrected chi connectivity index (χ0v) is 12.7. The van der Waals surface area contributed by atoms with E-state index in [2.05, 4.69) is 10.3 Å². The minimum Gasteiger partial charge on any atom is -0.380 e. The van der Waals surface area contributed by atoms with E-state index in [-0.39, 0.29) is 11.0 Å². The van der Waals surface area contributed by atoms with Crippen LogP contribution in [-0.4, -0.2) is 50.6 Å². The molecule has 7 heteroatoms. The van der Waals surface area contributed by atoms with E-state index in [1.165, 1.54) is 16.6 Å². The molecular formula is C13H21N3O3S. The molecule has 6 nitrogen and oxygen atoms in total. The van der Waals surface area contributed by atoms with Gasteiger partial charge in [0.05, 0.1) is 11.0 Å². The molecule has 1 N–H and O–H groups in total. The average molecular weight is 299 g/mol. The molecule has 1 aromatic heterocycles. The standard InChI is InChI=1S/C13H21N3O3S/c1-3-14-13-9-12(6-7-15-13)20(17,18)16-8-4-5-11(10-16)19-2/h6-7,9,11H,3-5,8,10H2,1-2H3,(H,14,15). The molecule has 1 saturated heterocycles. The number of hydrogen-bond acceptors (Lipinski definition) is 5. The third-order valence-corrected chi connectivity index (χ3v) is 5.26. The monoisotopic (exact) mass is 299 g/mol. The molecule has 1 fully saturated rings. The van der Waals surface area contributed by atoms with Crippen molar-refractivity contribution in [1.82, 2.24) is 9.29 Å². The summed E-state index contributed by atoms with van der Waals surface area (Å²) in [6.45, 7) is 3.60. The Labute approximate surface area is 120 Å². The minimum absolute atomic E-state index is 0.0198. The Bertz CT molecular complexity index is 548. The summed E-state index contributed by atoms with van der Waals surface area (Å²) in [5.41, 5.74) is 0. The number of ether oxygens (including phenoxy) is 1. The molecule has 0 spiro atoms. The first-order chi connectivity index (χ1) is 9.57. The van der Waals surface area contributed by atoms with Gasteiger partial charge >= 0.3 is 0 Å². The molecular weight excluding hydrogens is 278 g/mol. The van der Waals surface area contributed by atoms with Crippen molar-refractivity contribution < 1.29 is 13.2 Å². The average Bonchev–Trinajstić information content (AvgIpc) is 2.48. The highest BCUT2D eigenvalue weighted by Crippen LogP contribution is 2.22. The fourth-order valence-corrected chi connectivity index (χ4v) is 3.84. The second-order valence-corrected chi connectivity index (χ2v) is 6.71. The number of sulfonamides is 1. The molecule has 0 bridgehead atoms. The molecule has 1 unspecified atom stereocenters. The summed E-state index contributed by atoms with van der Waals surface area (Å²) >= 11 is 0. The number of piperidine rings is 1. The van der Waals surface area contributed by atoms with Crippen molar-refractivity contribution >= 4 is 15.8 Å². The number of methoxy groups -OCH3 is 1. The van der Waals surface area contributed by atoms with Crippen molar-refractivity contribution in [3.63, 3.8) is 0 Å². The second-order valence-electron chi connectivity index (χ2n) is 4.77. The lowest BCUT2D eigenvalue weighted by atomic mass is 10.1. The van der Waals surface area contributed by atoms with Crippen molar-refractivity contribution in [3.05, 3.63) is 18.3 Å². The maximum Gasteiger partial charge on any atom is 0.243 e. The highest BCUT2D eigenvalue weighted by atomic mass is 32.2. The number of nitrogens with one attached hydrogen (secondary N) is 1. The van der Waals surface area contributed by atoms with Gasteiger partial charge in [0, 0.05) is 39.0 Å². The molecule has 0 aromatic carbocycles. The Morgan fingerprint density at radius 3 is 3.05 bits per heavy atom. The van der Waals surface area contributed by atoms with E-state index in [1.54, 1.807) is 13.2 Å². The Balaban J connectivity index is 2.23. The maximum atomic E-state index is 12.6. The third-order valence-electron chi connectivity index (χ3n) is 3.40. The van der Waals surface area contributed by atoms with E-state index in [4.69, 9.17) is 4.74 Å². The van der Waals surface area contributed by atoms with Gasteiger partial charge in [-0.05, 0) is 25.8 Å². The van der Waals surface area contributed by atoms with Gasteiger partial charge in [-0.2, -0.15) is 4.31 Å². The van der Waals surface area contributed by atoms with E-state index < -0.39 is 10.0 Å². The number of rotatable bonds is 5. The van der Waals surface area contributed by atoms with Crippen LogP contribution in [0, 0.1) is 0 Å². The summed E-state index contributed by atoms with van der Waals surface area (Å²) in [5, 5.41) is 3.02. The largest absolute Gasteiger partial charge is 0.380 e. The van der Waals surface area contributed by atoms with Crippen LogP contribution in [0.25, 0.3) is 0 Å². The fourth-order valence-electron chi connectivity index (χ4n) is 2.31. The predicted molar refractivity (Wildman–Crippen MR) is 77.2 cm³/mol. The van der Waals surface area contributed by atoms with Crippen LogP contribution >= 0.6 is 0 Å². The molecule has 1 aliphatic rings. The molecule has 112 valence electrons. The molecule has 0 saturated carbocycles. The predicted octanol–water partition coefficient (Wildman–Crippen LogP) is 1.31. The molecule has 0 aliphatic carbocycles. The van der Waals surface area contributed by atoms with Gasteiger partial charge in [-0.1, -0.05) is 0 Å². The minimum atomic E-state index is -3.47. The number of pyridine rings is 1. The smallest absolute Gasteiger partial charge is 0.243 e. The summed E-state index contributed by atoms with van der Waals surface area (Å²) in [5.74, 6) is 0.578. The lowest BCUT2D eigenvalue weighted by Gasteiger charge is -2.31. The van der Waals surface area contributed by atoms with Gasteiger partial charge in [-0.15, -0.1) is 0 Å². The normalized spacial score (nSPS) is 20.8. The Hall–Kier alpha value is -1.18. The highest BCUT2D eigenvalue weighted by molar-refractivity contribution is 7.89. The molecule has 0 radical (unpaired) electrons. The van der Waals surface area contributed by atoms with Gasteiger partial charge in [-0.25, -0.2) is 13.4 Å². The highest BCUT2D eigenvalue weighted by Gasteiger charge is 2.30. The molecule has 20 heavy (non-hydrogen) atoms. The topological polar surface area (TPSA) is 71.5 Å². The first kappa shape index (κ1) is 15.2. The fraction of sp³-hybridized carbons (Fsp3) is 0.615. The van der Waals surface area contributed by atoms with Crippen LogP contribution in [0.5, 0.6) is 0 Å². The molecule has 1 atom stereocenters. The summed E-state index contributed by atoms with van der Waals surface area (Å²) in [7, 11) is -1.85. The molecule has 2 heterocycles. The maximum absolute atomic E-state index is 12.6. The number of hydrogen-bond donors (Lipinski definition) is 1. The first-order valence-corrected chi connectivity index (χ1v) is 8.24. The Kier molecular flexibility index (Phi) is 4.95. The van der Waals surface area contributed by atoms with E-state index >= 15 is 0 Å². The van der Waals surface area contributed by atoms with Crippen molar-refractivity contribution in [2.75, 3.05) is 32.1 Å². The van der Waals surface area contributed by atoms with Crippen LogP contribution in [0.4, 0.5) is 5.82 Å². The van der Waals surface area contributed by atoms with Crippen molar-refractivity contribution in [1.29, 1.82) is 0 Å². The van der Waals surface area contributed by atoms with E-state index in [0.29, 0.717) is 25.5 Å². The van der Waals surface area contributed by atoms with Crippen LogP contribution in [-0.2, 0) is 14.8 Å². The van der Waals surface area contributed by atoms with E-state index in [0.717, 1.165) is 12.8 Å². The number of aromatic nitrogens is 1. The van der Waals surface area contributed by atoms with E-state index in [1.807, 2.05) is 6.92 Å². The summed E-state index contributed by atoms with van der Waals surface area (Å²) in [6, 6.07) is 3.11. The zero-order valence-electron chi connectivity index (χ0n) is 11.9. The van der Waals surface area contributed by atoms with Gasteiger partial charge in [-0.3, -0.25) is 0 Å². The lowest BCUT2D eigenvalue weighted by molar-refractivity contribution is 0.0572. The second kappa shape index (κ2) is 6.51. The van der Waals surface area contributed by atoms with Crippen LogP contribution in [0.15, 0.2) is 23.2 Å². The Morgan fingerprint density at radius 1 is 1.55 bits per heavy atom. The quantitative estimate of drug-likeness (QED) is 0.887. The van der Waals surface area contributed by atoms with Gasteiger partial charge in [0.2, 0.25) is 10.0 Å². The van der Waals surface area contributed by atoms with Crippen LogP contribution in [0.3, 0.4) is 0 Å². The summed E-state index contributed by atoms with van der Waals surface area (Å²) < 4.78 is 32.0. The molecule has 1 aliphatic heterocycles. The molecule has 0 amide bonds. The molecule has 2 rings (SSSR count). The van der Waals surface area contributed by atoms with Crippen LogP contribution in [0.1, 0.15) is 19.8 Å². The lowest BCUT2D eigenvalue weighted by Crippen LogP contribution is -2.42. The van der Waals surface area contributed by atoms with Gasteiger partial charge in [0.1, 0.15) is 5.82 Å². The SMILES string of the molecule is CCNc1cc(S(=O)(=O)N2CCCC(OC)C2)ccn1. The first-order valence-electron chi connectivity index (χ1n) is 6.80. The summed E-state index contributed by atoms with van der Waals surface area (Å²) in [6.07, 6.45) is 3.22. The van der Waals surface area contributed by atoms with Crippen molar-refractivity contribution in [2.24, 2.45) is 0 Å². The van der Waals surface area contributed by atoms with Gasteiger partial charge in [0.15, 0.2) is 0 Å². The number of nitrogens with zero attached hydrogens (tertiary/aromatic N) is 2.